The van der Waals surface area contributed by atoms with Gasteiger partial charge in [0.2, 0.25) is 53.2 Å². The molecule has 1 aromatic rings. The lowest BCUT2D eigenvalue weighted by Gasteiger charge is -2.31. The highest BCUT2D eigenvalue weighted by Gasteiger charge is 2.41. The minimum atomic E-state index is -1.75. The molecule has 0 radical (unpaired) electrons. The van der Waals surface area contributed by atoms with Gasteiger partial charge in [-0.05, 0) is 71.4 Å². The maximum atomic E-state index is 13.9. The Bertz CT molecular complexity index is 1930. The molecule has 0 saturated carbocycles. The zero-order valence-electron chi connectivity index (χ0n) is 38.2. The molecule has 0 spiro atoms. The second-order valence-electron chi connectivity index (χ2n) is 16.5. The van der Waals surface area contributed by atoms with Gasteiger partial charge in [0, 0.05) is 36.4 Å². The van der Waals surface area contributed by atoms with Crippen LogP contribution in [0, 0.1) is 0 Å². The number of primary amides is 1. The molecule has 2 aliphatic rings. The van der Waals surface area contributed by atoms with E-state index < -0.39 is 133 Å². The Hall–Kier alpha value is -5.59. The Labute approximate surface area is 405 Å². The average molecular weight is 1020 g/mol. The van der Waals surface area contributed by atoms with Gasteiger partial charge in [-0.15, -0.1) is 0 Å². The predicted octanol–water partition coefficient (Wildman–Crippen LogP) is -6.35. The number of aliphatic hydroxyl groups is 2. The summed E-state index contributed by atoms with van der Waals surface area (Å²) in [6.07, 6.45) is 1.90. The summed E-state index contributed by atoms with van der Waals surface area (Å²) < 4.78 is 0. The lowest BCUT2D eigenvalue weighted by Crippen LogP contribution is -2.62. The molecule has 10 atom stereocenters. The molecule has 0 aromatic carbocycles. The number of rotatable bonds is 15. The van der Waals surface area contributed by atoms with Gasteiger partial charge >= 0.3 is 5.97 Å². The quantitative estimate of drug-likeness (QED) is 0.0574. The maximum Gasteiger partial charge on any atom is 0.327 e. The normalized spacial score (nSPS) is 27.4. The van der Waals surface area contributed by atoms with Gasteiger partial charge in [-0.25, -0.2) is 9.78 Å². The molecule has 3 heterocycles. The predicted molar refractivity (Wildman–Crippen MR) is 249 cm³/mol. The van der Waals surface area contributed by atoms with E-state index in [-0.39, 0.29) is 63.2 Å². The number of fused-ring (bicyclic) bond motifs is 1. The molecule has 29 heteroatoms. The van der Waals surface area contributed by atoms with E-state index >= 15 is 0 Å². The first kappa shape index (κ1) is 57.7. The number of nitrogens with one attached hydrogen (secondary N) is 8. The van der Waals surface area contributed by atoms with Gasteiger partial charge in [0.1, 0.15) is 48.3 Å². The third kappa shape index (κ3) is 18.7. The van der Waals surface area contributed by atoms with Gasteiger partial charge in [0.25, 0.3) is 0 Å². The van der Waals surface area contributed by atoms with Crippen molar-refractivity contribution in [3.63, 3.8) is 0 Å². The molecular formula is C40H66N14O13S2. The number of amides is 9. The SMILES string of the molecule is C[C@@H](O)[C@@H]1NC(=O)[C@@H]2CCCN2C(=O)[C@H](CO)NC(=O)[C@H](CC(N)=O)NC(=O)[C@H](CCCCN)NC(=O)[C@H](CCCCN)NC(=O)[C@@H](N)CSSC[C@@H](C(=O)O)NC(=O)[C@H](Cc2cnc[nH]2)NC1=O. The van der Waals surface area contributed by atoms with Crippen molar-refractivity contribution in [1.82, 2.24) is 52.1 Å². The number of nitrogens with zero attached hydrogens (tertiary/aromatic N) is 2. The minimum Gasteiger partial charge on any atom is -0.480 e. The number of unbranched alkanes of at least 4 members (excludes halogenated alkanes) is 2. The molecule has 2 aliphatic heterocycles. The van der Waals surface area contributed by atoms with E-state index in [1.165, 1.54) is 19.4 Å². The molecule has 386 valence electrons. The van der Waals surface area contributed by atoms with E-state index in [1.54, 1.807) is 0 Å². The Kier molecular flexibility index (Phi) is 24.6. The lowest BCUT2D eigenvalue weighted by molar-refractivity contribution is -0.144. The van der Waals surface area contributed by atoms with E-state index in [0.717, 1.165) is 26.5 Å². The number of carbonyl (C=O) groups is 10. The number of imidazole rings is 1. The third-order valence-electron chi connectivity index (χ3n) is 11.0. The van der Waals surface area contributed by atoms with Gasteiger partial charge in [-0.2, -0.15) is 0 Å². The molecule has 0 unspecified atom stereocenters. The number of aromatic nitrogens is 2. The van der Waals surface area contributed by atoms with Crippen molar-refractivity contribution in [1.29, 1.82) is 0 Å². The Morgan fingerprint density at radius 2 is 1.30 bits per heavy atom. The fraction of sp³-hybridized carbons (Fsp3) is 0.675. The molecule has 0 aliphatic carbocycles. The van der Waals surface area contributed by atoms with Crippen LogP contribution in [0.4, 0.5) is 0 Å². The number of aliphatic hydroxyl groups excluding tert-OH is 2. The summed E-state index contributed by atoms with van der Waals surface area (Å²) in [5, 5.41) is 48.2. The van der Waals surface area contributed by atoms with Crippen molar-refractivity contribution >= 4 is 80.7 Å². The average Bonchev–Trinajstić information content (AvgIpc) is 4.02. The smallest absolute Gasteiger partial charge is 0.327 e. The monoisotopic (exact) mass is 1010 g/mol. The third-order valence-corrected chi connectivity index (χ3v) is 13.5. The van der Waals surface area contributed by atoms with Crippen molar-refractivity contribution in [2.75, 3.05) is 37.7 Å². The highest BCUT2D eigenvalue weighted by Crippen LogP contribution is 2.23. The van der Waals surface area contributed by atoms with Crippen molar-refractivity contribution in [2.24, 2.45) is 22.9 Å². The van der Waals surface area contributed by atoms with Crippen molar-refractivity contribution in [3.05, 3.63) is 18.2 Å². The van der Waals surface area contributed by atoms with Crippen LogP contribution in [0.3, 0.4) is 0 Å². The van der Waals surface area contributed by atoms with Crippen LogP contribution in [0.25, 0.3) is 0 Å². The standard InChI is InChI=1S/C40H66N14O13S2/c1-20(56)31-38(64)50-25(13-21-15-45-19-46-21)35(61)52-28(40(66)67)18-69-68-17-22(43)32(58)47-23(7-2-4-10-41)33(59)48-24(8-3-5-11-42)34(60)49-26(14-30(44)57)36(62)51-27(16-55)39(65)54-12-6-9-29(54)37(63)53-31/h15,19-20,22-29,31,55-56H,2-14,16-18,41-43H2,1H3,(H2,44,57)(H,45,46)(H,47,58)(H,48,59)(H,49,60)(H,50,64)(H,51,62)(H,52,61)(H,53,63)(H,66,67)/t20-,22+,23+,24+,25+,26+,27+,28+,29+,31+/m1/s1. The molecule has 2 fully saturated rings. The second-order valence-corrected chi connectivity index (χ2v) is 19.1. The van der Waals surface area contributed by atoms with E-state index in [0.29, 0.717) is 31.4 Å². The fourth-order valence-electron chi connectivity index (χ4n) is 7.22. The van der Waals surface area contributed by atoms with Gasteiger partial charge in [-0.3, -0.25) is 43.2 Å². The molecule has 9 amide bonds. The van der Waals surface area contributed by atoms with E-state index in [1.807, 2.05) is 0 Å². The number of nitrogens with two attached hydrogens (primary N) is 4. The number of aliphatic carboxylic acids is 1. The molecule has 69 heavy (non-hydrogen) atoms. The van der Waals surface area contributed by atoms with Gasteiger partial charge < -0.3 is 85.4 Å². The highest BCUT2D eigenvalue weighted by atomic mass is 33.1. The number of carbonyl (C=O) groups excluding carboxylic acids is 9. The lowest BCUT2D eigenvalue weighted by atomic mass is 10.0. The molecule has 1 aromatic heterocycles. The number of carboxylic acids is 1. The fourth-order valence-corrected chi connectivity index (χ4v) is 9.50. The summed E-state index contributed by atoms with van der Waals surface area (Å²) in [5.74, 6) is -10.5. The summed E-state index contributed by atoms with van der Waals surface area (Å²) in [6, 6.07) is -13.4. The van der Waals surface area contributed by atoms with Crippen LogP contribution < -0.4 is 60.2 Å². The van der Waals surface area contributed by atoms with Crippen LogP contribution in [0.1, 0.15) is 70.4 Å². The number of hydrogen-bond acceptors (Lipinski definition) is 18. The molecule has 27 nitrogen and oxygen atoms in total. The zero-order chi connectivity index (χ0) is 51.2. The first-order valence-corrected chi connectivity index (χ1v) is 24.9. The summed E-state index contributed by atoms with van der Waals surface area (Å²) in [4.78, 5) is 142. The Morgan fingerprint density at radius 3 is 1.86 bits per heavy atom. The van der Waals surface area contributed by atoms with Gasteiger partial charge in [0.05, 0.1) is 31.5 Å². The zero-order valence-corrected chi connectivity index (χ0v) is 39.8. The topological polar surface area (TPSA) is 452 Å². The van der Waals surface area contributed by atoms with Crippen LogP contribution in [-0.4, -0.2) is 188 Å². The summed E-state index contributed by atoms with van der Waals surface area (Å²) in [7, 11) is 1.94. The second kappa shape index (κ2) is 29.4. The van der Waals surface area contributed by atoms with Crippen molar-refractivity contribution < 1.29 is 63.3 Å². The summed E-state index contributed by atoms with van der Waals surface area (Å²) in [6.45, 7) is 0.586. The van der Waals surface area contributed by atoms with Crippen LogP contribution >= 0.6 is 21.6 Å². The minimum absolute atomic E-state index is 0.0209. The summed E-state index contributed by atoms with van der Waals surface area (Å²) in [5.41, 5.74) is 23.3. The van der Waals surface area contributed by atoms with Crippen LogP contribution in [0.2, 0.25) is 0 Å². The van der Waals surface area contributed by atoms with E-state index in [2.05, 4.69) is 47.2 Å². The molecule has 3 rings (SSSR count). The number of carboxylic acid groups (broad SMARTS) is 1. The first-order valence-electron chi connectivity index (χ1n) is 22.4. The van der Waals surface area contributed by atoms with Crippen LogP contribution in [0.15, 0.2) is 12.5 Å². The molecule has 19 N–H and O–H groups in total. The van der Waals surface area contributed by atoms with E-state index in [4.69, 9.17) is 22.9 Å². The number of H-pyrrole nitrogens is 1. The molecule has 0 bridgehead atoms. The Morgan fingerprint density at radius 1 is 0.754 bits per heavy atom. The highest BCUT2D eigenvalue weighted by molar-refractivity contribution is 8.76. The first-order chi connectivity index (χ1) is 32.8. The molecular weight excluding hydrogens is 949 g/mol. The Balaban J connectivity index is 2.04. The maximum absolute atomic E-state index is 13.9. The summed E-state index contributed by atoms with van der Waals surface area (Å²) >= 11 is 0. The van der Waals surface area contributed by atoms with Gasteiger partial charge in [0.15, 0.2) is 0 Å². The number of aromatic amines is 1. The van der Waals surface area contributed by atoms with Gasteiger partial charge in [-0.1, -0.05) is 21.6 Å². The van der Waals surface area contributed by atoms with Crippen molar-refractivity contribution in [2.45, 2.75) is 132 Å². The van der Waals surface area contributed by atoms with Crippen LogP contribution in [-0.2, 0) is 54.4 Å². The van der Waals surface area contributed by atoms with Crippen molar-refractivity contribution in [3.8, 4) is 0 Å². The van der Waals surface area contributed by atoms with Crippen LogP contribution in [0.5, 0.6) is 0 Å². The largest absolute Gasteiger partial charge is 0.480 e. The molecule has 2 saturated heterocycles. The number of hydrogen-bond donors (Lipinski definition) is 15. The van der Waals surface area contributed by atoms with E-state index in [9.17, 15) is 63.3 Å².